The minimum absolute atomic E-state index is 0.104. The second-order valence-electron chi connectivity index (χ2n) is 6.97. The lowest BCUT2D eigenvalue weighted by atomic mass is 10.0. The number of hydrogen-bond donors (Lipinski definition) is 1. The lowest BCUT2D eigenvalue weighted by Crippen LogP contribution is -2.37. The Morgan fingerprint density at radius 2 is 1.93 bits per heavy atom. The molecule has 1 aliphatic heterocycles. The van der Waals surface area contributed by atoms with Gasteiger partial charge in [-0.1, -0.05) is 0 Å². The molecule has 1 saturated heterocycles. The predicted octanol–water partition coefficient (Wildman–Crippen LogP) is 2.01. The van der Waals surface area contributed by atoms with Gasteiger partial charge in [-0.3, -0.25) is 9.59 Å². The van der Waals surface area contributed by atoms with E-state index in [2.05, 4.69) is 15.1 Å². The maximum Gasteiger partial charge on any atom is 0.453 e. The summed E-state index contributed by atoms with van der Waals surface area (Å²) in [6, 6.07) is -0.391. The molecule has 0 spiro atoms. The first-order valence-electron chi connectivity index (χ1n) is 8.83. The number of nitrogens with zero attached hydrogens (tertiary/aromatic N) is 5. The standard InChI is InChI=1S/C17H20F3N5O3/c1-8-11(4-5-13(26)24-7-6-12(9(24)2)14(27)28)10(3)25-16(21-8)22-15(23-25)17(18,19)20/h9,12H,4-7H2,1-3H3,(H,27,28). The Morgan fingerprint density at radius 1 is 1.25 bits per heavy atom. The number of aromatic nitrogens is 4. The summed E-state index contributed by atoms with van der Waals surface area (Å²) < 4.78 is 39.6. The van der Waals surface area contributed by atoms with E-state index < -0.39 is 29.9 Å². The third-order valence-electron chi connectivity index (χ3n) is 5.28. The molecule has 2 aromatic heterocycles. The number of hydrogen-bond acceptors (Lipinski definition) is 5. The van der Waals surface area contributed by atoms with Gasteiger partial charge in [0, 0.05) is 30.4 Å². The Bertz CT molecular complexity index is 940. The largest absolute Gasteiger partial charge is 0.481 e. The Kier molecular flexibility index (Phi) is 5.02. The van der Waals surface area contributed by atoms with Crippen molar-refractivity contribution >= 4 is 17.7 Å². The highest BCUT2D eigenvalue weighted by Gasteiger charge is 2.38. The van der Waals surface area contributed by atoms with E-state index in [-0.39, 0.29) is 24.5 Å². The van der Waals surface area contributed by atoms with Crippen LogP contribution in [0.2, 0.25) is 0 Å². The van der Waals surface area contributed by atoms with Gasteiger partial charge in [0.25, 0.3) is 11.6 Å². The highest BCUT2D eigenvalue weighted by Crippen LogP contribution is 2.28. The van der Waals surface area contributed by atoms with Crippen molar-refractivity contribution < 1.29 is 27.9 Å². The van der Waals surface area contributed by atoms with Crippen molar-refractivity contribution in [2.24, 2.45) is 5.92 Å². The lowest BCUT2D eigenvalue weighted by molar-refractivity contribution is -0.145. The molecule has 2 unspecified atom stereocenters. The van der Waals surface area contributed by atoms with Crippen LogP contribution in [0.5, 0.6) is 0 Å². The monoisotopic (exact) mass is 399 g/mol. The Morgan fingerprint density at radius 3 is 2.50 bits per heavy atom. The van der Waals surface area contributed by atoms with Crippen LogP contribution in [0.4, 0.5) is 13.2 Å². The average molecular weight is 399 g/mol. The maximum absolute atomic E-state index is 12.9. The van der Waals surface area contributed by atoms with Crippen LogP contribution in [-0.4, -0.2) is 54.1 Å². The molecule has 3 heterocycles. The molecule has 1 N–H and O–H groups in total. The van der Waals surface area contributed by atoms with Gasteiger partial charge in [0.15, 0.2) is 0 Å². The molecule has 2 atom stereocenters. The molecule has 2 aromatic rings. The fourth-order valence-electron chi connectivity index (χ4n) is 3.69. The SMILES string of the molecule is Cc1nc2nc(C(F)(F)F)nn2c(C)c1CCC(=O)N1CCC(C(=O)O)C1C. The van der Waals surface area contributed by atoms with Gasteiger partial charge >= 0.3 is 12.1 Å². The quantitative estimate of drug-likeness (QED) is 0.844. The topological polar surface area (TPSA) is 101 Å². The number of carbonyl (C=O) groups is 2. The number of carboxylic acid groups (broad SMARTS) is 1. The van der Waals surface area contributed by atoms with E-state index in [4.69, 9.17) is 0 Å². The normalized spacial score (nSPS) is 20.1. The first-order chi connectivity index (χ1) is 13.0. The summed E-state index contributed by atoms with van der Waals surface area (Å²) in [5, 5.41) is 12.7. The van der Waals surface area contributed by atoms with Crippen LogP contribution >= 0.6 is 0 Å². The molecule has 0 bridgehead atoms. The van der Waals surface area contributed by atoms with E-state index in [1.165, 1.54) is 0 Å². The second-order valence-corrected chi connectivity index (χ2v) is 6.97. The molecule has 1 aliphatic rings. The zero-order valence-electron chi connectivity index (χ0n) is 15.6. The highest BCUT2D eigenvalue weighted by atomic mass is 19.4. The van der Waals surface area contributed by atoms with E-state index in [1.807, 2.05) is 0 Å². The van der Waals surface area contributed by atoms with E-state index in [0.29, 0.717) is 29.9 Å². The summed E-state index contributed by atoms with van der Waals surface area (Å²) in [4.78, 5) is 32.8. The molecular weight excluding hydrogens is 379 g/mol. The number of carboxylic acids is 1. The van der Waals surface area contributed by atoms with Gasteiger partial charge in [-0.15, -0.1) is 5.10 Å². The number of rotatable bonds is 4. The third-order valence-corrected chi connectivity index (χ3v) is 5.28. The number of fused-ring (bicyclic) bond motifs is 1. The predicted molar refractivity (Wildman–Crippen MR) is 90.5 cm³/mol. The van der Waals surface area contributed by atoms with Crippen molar-refractivity contribution in [1.82, 2.24) is 24.5 Å². The number of likely N-dealkylation sites (tertiary alicyclic amines) is 1. The Hall–Kier alpha value is -2.72. The van der Waals surface area contributed by atoms with Gasteiger partial charge < -0.3 is 10.0 Å². The van der Waals surface area contributed by atoms with Crippen LogP contribution < -0.4 is 0 Å². The summed E-state index contributed by atoms with van der Waals surface area (Å²) in [7, 11) is 0. The highest BCUT2D eigenvalue weighted by molar-refractivity contribution is 5.79. The zero-order chi connectivity index (χ0) is 20.8. The zero-order valence-corrected chi connectivity index (χ0v) is 15.6. The van der Waals surface area contributed by atoms with Gasteiger partial charge in [0.2, 0.25) is 5.91 Å². The number of carbonyl (C=O) groups excluding carboxylic acids is 1. The van der Waals surface area contributed by atoms with Crippen molar-refractivity contribution in [2.45, 2.75) is 52.3 Å². The van der Waals surface area contributed by atoms with Crippen molar-refractivity contribution in [3.63, 3.8) is 0 Å². The molecule has 0 aromatic carbocycles. The molecule has 3 rings (SSSR count). The van der Waals surface area contributed by atoms with E-state index >= 15 is 0 Å². The fourth-order valence-corrected chi connectivity index (χ4v) is 3.69. The van der Waals surface area contributed by atoms with E-state index in [9.17, 15) is 27.9 Å². The summed E-state index contributed by atoms with van der Waals surface area (Å²) in [6.07, 6.45) is -3.89. The van der Waals surface area contributed by atoms with Gasteiger partial charge in [-0.25, -0.2) is 9.50 Å². The molecule has 1 fully saturated rings. The van der Waals surface area contributed by atoms with E-state index in [1.54, 1.807) is 25.7 Å². The molecule has 11 heteroatoms. The van der Waals surface area contributed by atoms with Gasteiger partial charge in [-0.05, 0) is 39.2 Å². The first kappa shape index (κ1) is 20.0. The summed E-state index contributed by atoms with van der Waals surface area (Å²) >= 11 is 0. The molecule has 0 saturated carbocycles. The van der Waals surface area contributed by atoms with Crippen LogP contribution in [0.15, 0.2) is 0 Å². The number of aliphatic carboxylic acids is 1. The molecular formula is C17H20F3N5O3. The van der Waals surface area contributed by atoms with Crippen LogP contribution in [-0.2, 0) is 22.2 Å². The molecule has 8 nitrogen and oxygen atoms in total. The number of aryl methyl sites for hydroxylation is 2. The van der Waals surface area contributed by atoms with Crippen molar-refractivity contribution in [3.05, 3.63) is 22.8 Å². The van der Waals surface area contributed by atoms with Crippen molar-refractivity contribution in [2.75, 3.05) is 6.54 Å². The molecule has 28 heavy (non-hydrogen) atoms. The first-order valence-corrected chi connectivity index (χ1v) is 8.83. The number of alkyl halides is 3. The van der Waals surface area contributed by atoms with Crippen molar-refractivity contribution in [3.8, 4) is 0 Å². The second kappa shape index (κ2) is 7.02. The van der Waals surface area contributed by atoms with Gasteiger partial charge in [0.1, 0.15) is 0 Å². The summed E-state index contributed by atoms with van der Waals surface area (Å²) in [6.45, 7) is 5.34. The molecule has 152 valence electrons. The van der Waals surface area contributed by atoms with Crippen LogP contribution in [0.1, 0.15) is 42.5 Å². The summed E-state index contributed by atoms with van der Waals surface area (Å²) in [5.41, 5.74) is 1.55. The fraction of sp³-hybridized carbons (Fsp3) is 0.588. The van der Waals surface area contributed by atoms with Crippen LogP contribution in [0.25, 0.3) is 5.78 Å². The summed E-state index contributed by atoms with van der Waals surface area (Å²) in [5.74, 6) is -3.10. The maximum atomic E-state index is 12.9. The average Bonchev–Trinajstić information content (AvgIpc) is 3.18. The number of halogens is 3. The molecule has 1 amide bonds. The Labute approximate surface area is 158 Å². The minimum Gasteiger partial charge on any atom is -0.481 e. The van der Waals surface area contributed by atoms with Crippen LogP contribution in [0, 0.1) is 19.8 Å². The lowest BCUT2D eigenvalue weighted by Gasteiger charge is -2.23. The molecule has 0 aliphatic carbocycles. The smallest absolute Gasteiger partial charge is 0.453 e. The minimum atomic E-state index is -4.67. The van der Waals surface area contributed by atoms with Gasteiger partial charge in [-0.2, -0.15) is 18.2 Å². The van der Waals surface area contributed by atoms with Crippen LogP contribution in [0.3, 0.4) is 0 Å². The van der Waals surface area contributed by atoms with Crippen molar-refractivity contribution in [1.29, 1.82) is 0 Å². The Balaban J connectivity index is 1.79. The molecule has 0 radical (unpaired) electrons. The number of amides is 1. The van der Waals surface area contributed by atoms with Gasteiger partial charge in [0.05, 0.1) is 5.92 Å². The van der Waals surface area contributed by atoms with E-state index in [0.717, 1.165) is 4.52 Å². The third kappa shape index (κ3) is 3.52.